The van der Waals surface area contributed by atoms with E-state index in [1.54, 1.807) is 7.11 Å². The monoisotopic (exact) mass is 411 g/mol. The Morgan fingerprint density at radius 3 is 2.59 bits per heavy atom. The van der Waals surface area contributed by atoms with Gasteiger partial charge in [0, 0.05) is 18.4 Å². The number of hydrogen-bond donors (Lipinski definition) is 2. The summed E-state index contributed by atoms with van der Waals surface area (Å²) in [6, 6.07) is 15.4. The third-order valence-electron chi connectivity index (χ3n) is 4.52. The van der Waals surface area contributed by atoms with Gasteiger partial charge in [-0.15, -0.1) is 10.2 Å². The molecular weight excluding hydrogens is 386 g/mol. The molecule has 2 N–H and O–H groups in total. The van der Waals surface area contributed by atoms with E-state index in [9.17, 15) is 4.79 Å². The van der Waals surface area contributed by atoms with Crippen molar-refractivity contribution in [3.63, 3.8) is 0 Å². The van der Waals surface area contributed by atoms with Crippen molar-refractivity contribution in [1.82, 2.24) is 14.8 Å². The molecule has 3 aromatic rings. The molecule has 0 fully saturated rings. The number of carbonyl (C=O) groups is 1. The second kappa shape index (κ2) is 9.47. The van der Waals surface area contributed by atoms with Crippen molar-refractivity contribution in [3.05, 3.63) is 59.9 Å². The van der Waals surface area contributed by atoms with Gasteiger partial charge in [0.05, 0.1) is 18.9 Å². The standard InChI is InChI=1S/C21H25N5O2S/c1-14-7-5-6-8-18(14)23-20(27)15(2)29-21-25-24-19(26(21)3)13-22-16-9-11-17(28-4)12-10-16/h5-12,15,22H,13H2,1-4H3,(H,23,27). The molecule has 8 heteroatoms. The summed E-state index contributed by atoms with van der Waals surface area (Å²) in [6.45, 7) is 4.36. The van der Waals surface area contributed by atoms with Crippen LogP contribution in [0, 0.1) is 6.92 Å². The maximum Gasteiger partial charge on any atom is 0.237 e. The Hall–Kier alpha value is -3.00. The molecule has 152 valence electrons. The number of hydrogen-bond acceptors (Lipinski definition) is 6. The lowest BCUT2D eigenvalue weighted by Gasteiger charge is -2.13. The molecule has 0 spiro atoms. The molecule has 0 aliphatic carbocycles. The third-order valence-corrected chi connectivity index (χ3v) is 5.65. The van der Waals surface area contributed by atoms with Crippen molar-refractivity contribution in [1.29, 1.82) is 0 Å². The van der Waals surface area contributed by atoms with Crippen LogP contribution in [-0.2, 0) is 18.4 Å². The number of thioether (sulfide) groups is 1. The molecule has 0 saturated carbocycles. The summed E-state index contributed by atoms with van der Waals surface area (Å²) in [7, 11) is 3.54. The summed E-state index contributed by atoms with van der Waals surface area (Å²) in [4.78, 5) is 12.5. The van der Waals surface area contributed by atoms with Crippen molar-refractivity contribution in [2.45, 2.75) is 30.8 Å². The number of rotatable bonds is 8. The highest BCUT2D eigenvalue weighted by molar-refractivity contribution is 8.00. The maximum atomic E-state index is 12.5. The number of carbonyl (C=O) groups excluding carboxylic acids is 1. The minimum absolute atomic E-state index is 0.0646. The smallest absolute Gasteiger partial charge is 0.237 e. The Kier molecular flexibility index (Phi) is 6.77. The summed E-state index contributed by atoms with van der Waals surface area (Å²) >= 11 is 1.38. The largest absolute Gasteiger partial charge is 0.497 e. The van der Waals surface area contributed by atoms with E-state index in [2.05, 4.69) is 20.8 Å². The van der Waals surface area contributed by atoms with Crippen LogP contribution in [0.3, 0.4) is 0 Å². The molecule has 0 radical (unpaired) electrons. The lowest BCUT2D eigenvalue weighted by Crippen LogP contribution is -2.23. The van der Waals surface area contributed by atoms with E-state index >= 15 is 0 Å². The number of nitrogens with one attached hydrogen (secondary N) is 2. The average Bonchev–Trinajstić information content (AvgIpc) is 3.07. The number of methoxy groups -OCH3 is 1. The van der Waals surface area contributed by atoms with Gasteiger partial charge in [-0.25, -0.2) is 0 Å². The van der Waals surface area contributed by atoms with E-state index in [1.807, 2.05) is 74.0 Å². The van der Waals surface area contributed by atoms with Crippen molar-refractivity contribution in [3.8, 4) is 5.75 Å². The van der Waals surface area contributed by atoms with Crippen LogP contribution in [-0.4, -0.2) is 33.0 Å². The molecule has 7 nitrogen and oxygen atoms in total. The van der Waals surface area contributed by atoms with Crippen molar-refractivity contribution in [2.75, 3.05) is 17.7 Å². The highest BCUT2D eigenvalue weighted by Crippen LogP contribution is 2.24. The number of benzene rings is 2. The first-order valence-corrected chi connectivity index (χ1v) is 10.1. The van der Waals surface area contributed by atoms with Crippen molar-refractivity contribution in [2.24, 2.45) is 7.05 Å². The second-order valence-corrected chi connectivity index (χ2v) is 7.91. The average molecular weight is 412 g/mol. The van der Waals surface area contributed by atoms with E-state index in [-0.39, 0.29) is 11.2 Å². The molecule has 2 aromatic carbocycles. The van der Waals surface area contributed by atoms with E-state index in [0.717, 1.165) is 28.5 Å². The molecule has 1 heterocycles. The Morgan fingerprint density at radius 2 is 1.90 bits per heavy atom. The summed E-state index contributed by atoms with van der Waals surface area (Å²) in [5.41, 5.74) is 2.82. The van der Waals surface area contributed by atoms with Gasteiger partial charge in [0.25, 0.3) is 0 Å². The zero-order valence-corrected chi connectivity index (χ0v) is 17.8. The highest BCUT2D eigenvalue weighted by Gasteiger charge is 2.19. The summed E-state index contributed by atoms with van der Waals surface area (Å²) in [5.74, 6) is 1.53. The lowest BCUT2D eigenvalue weighted by atomic mass is 10.2. The summed E-state index contributed by atoms with van der Waals surface area (Å²) in [5, 5.41) is 15.2. The molecule has 29 heavy (non-hydrogen) atoms. The van der Waals surface area contributed by atoms with Crippen LogP contribution in [0.2, 0.25) is 0 Å². The van der Waals surface area contributed by atoms with Gasteiger partial charge in [-0.2, -0.15) is 0 Å². The molecule has 3 rings (SSSR count). The maximum absolute atomic E-state index is 12.5. The quantitative estimate of drug-likeness (QED) is 0.548. The van der Waals surface area contributed by atoms with E-state index in [4.69, 9.17) is 4.74 Å². The first-order valence-electron chi connectivity index (χ1n) is 9.27. The first kappa shape index (κ1) is 20.7. The number of nitrogens with zero attached hydrogens (tertiary/aromatic N) is 3. The van der Waals surface area contributed by atoms with Crippen LogP contribution in [0.5, 0.6) is 5.75 Å². The number of para-hydroxylation sites is 1. The molecular formula is C21H25N5O2S. The molecule has 1 atom stereocenters. The first-order chi connectivity index (χ1) is 14.0. The second-order valence-electron chi connectivity index (χ2n) is 6.60. The number of anilines is 2. The molecule has 0 aliphatic rings. The van der Waals surface area contributed by atoms with Gasteiger partial charge in [-0.05, 0) is 49.7 Å². The van der Waals surface area contributed by atoms with Gasteiger partial charge >= 0.3 is 0 Å². The number of ether oxygens (including phenoxy) is 1. The van der Waals surface area contributed by atoms with Crippen LogP contribution < -0.4 is 15.4 Å². The Labute approximate surface area is 174 Å². The van der Waals surface area contributed by atoms with Gasteiger partial charge in [-0.3, -0.25) is 4.79 Å². The number of aryl methyl sites for hydroxylation is 1. The third kappa shape index (κ3) is 5.29. The van der Waals surface area contributed by atoms with Crippen LogP contribution in [0.25, 0.3) is 0 Å². The molecule has 0 bridgehead atoms. The minimum atomic E-state index is -0.306. The van der Waals surface area contributed by atoms with E-state index < -0.39 is 0 Å². The SMILES string of the molecule is COc1ccc(NCc2nnc(SC(C)C(=O)Nc3ccccc3C)n2C)cc1. The van der Waals surface area contributed by atoms with Crippen LogP contribution in [0.4, 0.5) is 11.4 Å². The topological polar surface area (TPSA) is 81.1 Å². The fourth-order valence-corrected chi connectivity index (χ4v) is 3.48. The molecule has 1 unspecified atom stereocenters. The fraction of sp³-hybridized carbons (Fsp3) is 0.286. The van der Waals surface area contributed by atoms with Gasteiger partial charge in [0.1, 0.15) is 5.75 Å². The Bertz CT molecular complexity index is 971. The summed E-state index contributed by atoms with van der Waals surface area (Å²) in [6.07, 6.45) is 0. The van der Waals surface area contributed by atoms with Crippen molar-refractivity contribution < 1.29 is 9.53 Å². The Balaban J connectivity index is 1.58. The number of aromatic nitrogens is 3. The zero-order valence-electron chi connectivity index (χ0n) is 17.0. The number of amides is 1. The normalized spacial score (nSPS) is 11.7. The van der Waals surface area contributed by atoms with Crippen LogP contribution >= 0.6 is 11.8 Å². The lowest BCUT2D eigenvalue weighted by molar-refractivity contribution is -0.115. The molecule has 0 saturated heterocycles. The predicted molar refractivity (Wildman–Crippen MR) is 116 cm³/mol. The minimum Gasteiger partial charge on any atom is -0.497 e. The van der Waals surface area contributed by atoms with E-state index in [0.29, 0.717) is 11.7 Å². The van der Waals surface area contributed by atoms with Crippen molar-refractivity contribution >= 4 is 29.0 Å². The molecule has 0 aliphatic heterocycles. The highest BCUT2D eigenvalue weighted by atomic mass is 32.2. The zero-order chi connectivity index (χ0) is 20.8. The van der Waals surface area contributed by atoms with Gasteiger partial charge in [-0.1, -0.05) is 30.0 Å². The molecule has 1 aromatic heterocycles. The predicted octanol–water partition coefficient (Wildman–Crippen LogP) is 3.86. The van der Waals surface area contributed by atoms with Gasteiger partial charge in [0.15, 0.2) is 11.0 Å². The van der Waals surface area contributed by atoms with Crippen LogP contribution in [0.15, 0.2) is 53.7 Å². The van der Waals surface area contributed by atoms with Gasteiger partial charge in [0.2, 0.25) is 5.91 Å². The van der Waals surface area contributed by atoms with Crippen LogP contribution in [0.1, 0.15) is 18.3 Å². The van der Waals surface area contributed by atoms with Gasteiger partial charge < -0.3 is 19.9 Å². The molecule has 1 amide bonds. The fourth-order valence-electron chi connectivity index (χ4n) is 2.65. The summed E-state index contributed by atoms with van der Waals surface area (Å²) < 4.78 is 7.07. The van der Waals surface area contributed by atoms with E-state index in [1.165, 1.54) is 11.8 Å². The Morgan fingerprint density at radius 1 is 1.17 bits per heavy atom.